The van der Waals surface area contributed by atoms with E-state index in [9.17, 15) is 18.0 Å². The molecule has 0 aliphatic carbocycles. The summed E-state index contributed by atoms with van der Waals surface area (Å²) < 4.78 is 33.7. The zero-order valence-electron chi connectivity index (χ0n) is 20.6. The van der Waals surface area contributed by atoms with E-state index < -0.39 is 16.1 Å². The van der Waals surface area contributed by atoms with Gasteiger partial charge in [-0.05, 0) is 43.3 Å². The van der Waals surface area contributed by atoms with Crippen molar-refractivity contribution >= 4 is 48.7 Å². The molecule has 0 bridgehead atoms. The molecule has 3 heterocycles. The maximum absolute atomic E-state index is 13.1. The quantitative estimate of drug-likeness (QED) is 0.488. The van der Waals surface area contributed by atoms with Gasteiger partial charge in [0.2, 0.25) is 10.0 Å². The number of anilines is 1. The summed E-state index contributed by atoms with van der Waals surface area (Å²) in [5.74, 6) is -0.115. The van der Waals surface area contributed by atoms with E-state index in [-0.39, 0.29) is 43.6 Å². The van der Waals surface area contributed by atoms with Crippen molar-refractivity contribution in [3.05, 3.63) is 54.1 Å². The summed E-state index contributed by atoms with van der Waals surface area (Å²) in [5.41, 5.74) is 1.44. The van der Waals surface area contributed by atoms with Crippen molar-refractivity contribution in [2.45, 2.75) is 11.8 Å². The van der Waals surface area contributed by atoms with Crippen molar-refractivity contribution in [3.63, 3.8) is 0 Å². The molecule has 196 valence electrons. The summed E-state index contributed by atoms with van der Waals surface area (Å²) in [4.78, 5) is 35.3. The number of sulfonamides is 1. The normalized spacial score (nSPS) is 17.3. The first-order valence-electron chi connectivity index (χ1n) is 12.3. The minimum atomic E-state index is -3.72. The standard InChI is InChI=1S/C25H29N5O5S2/c1-2-35-25(32)29-15-17-30(18-16-29)37(33,34)20-9-7-19(8-10-20)23(31)27-11-13-28(14-12-27)24-26-21-5-3-4-6-22(21)36-24/h3-10H,2,11-18H2,1H3. The Morgan fingerprint density at radius 1 is 0.892 bits per heavy atom. The van der Waals surface area contributed by atoms with Crippen LogP contribution in [0.5, 0.6) is 0 Å². The Labute approximate surface area is 220 Å². The van der Waals surface area contributed by atoms with E-state index >= 15 is 0 Å². The van der Waals surface area contributed by atoms with Gasteiger partial charge in [-0.15, -0.1) is 0 Å². The van der Waals surface area contributed by atoms with Crippen LogP contribution in [0.3, 0.4) is 0 Å². The van der Waals surface area contributed by atoms with E-state index in [1.165, 1.54) is 21.3 Å². The summed E-state index contributed by atoms with van der Waals surface area (Å²) in [6.45, 7) is 5.47. The molecule has 2 fully saturated rings. The number of benzene rings is 2. The van der Waals surface area contributed by atoms with Crippen molar-refractivity contribution in [3.8, 4) is 0 Å². The first-order chi connectivity index (χ1) is 17.9. The molecule has 2 aliphatic heterocycles. The van der Waals surface area contributed by atoms with Gasteiger partial charge >= 0.3 is 6.09 Å². The third-order valence-electron chi connectivity index (χ3n) is 6.62. The van der Waals surface area contributed by atoms with Gasteiger partial charge in [-0.2, -0.15) is 4.31 Å². The first-order valence-corrected chi connectivity index (χ1v) is 14.5. The van der Waals surface area contributed by atoms with Crippen molar-refractivity contribution in [2.75, 3.05) is 63.9 Å². The van der Waals surface area contributed by atoms with E-state index in [0.717, 1.165) is 15.3 Å². The van der Waals surface area contributed by atoms with Crippen LogP contribution in [0.1, 0.15) is 17.3 Å². The number of hydrogen-bond donors (Lipinski definition) is 0. The van der Waals surface area contributed by atoms with Crippen molar-refractivity contribution in [1.82, 2.24) is 19.1 Å². The molecule has 2 saturated heterocycles. The molecule has 0 atom stereocenters. The molecule has 3 aromatic rings. The lowest BCUT2D eigenvalue weighted by atomic mass is 10.2. The topological polar surface area (TPSA) is 103 Å². The van der Waals surface area contributed by atoms with E-state index in [4.69, 9.17) is 9.72 Å². The summed E-state index contributed by atoms with van der Waals surface area (Å²) in [6, 6.07) is 14.2. The predicted molar refractivity (Wildman–Crippen MR) is 142 cm³/mol. The number of hydrogen-bond acceptors (Lipinski definition) is 8. The third kappa shape index (κ3) is 5.27. The minimum Gasteiger partial charge on any atom is -0.450 e. The molecule has 2 amide bonds. The van der Waals surface area contributed by atoms with Crippen LogP contribution in [-0.4, -0.2) is 98.5 Å². The zero-order chi connectivity index (χ0) is 26.0. The monoisotopic (exact) mass is 543 g/mol. The summed E-state index contributed by atoms with van der Waals surface area (Å²) >= 11 is 1.65. The molecule has 0 radical (unpaired) electrons. The molecule has 0 N–H and O–H groups in total. The van der Waals surface area contributed by atoms with Crippen LogP contribution in [0.15, 0.2) is 53.4 Å². The molecule has 0 unspecified atom stereocenters. The number of nitrogens with zero attached hydrogens (tertiary/aromatic N) is 5. The fourth-order valence-electron chi connectivity index (χ4n) is 4.52. The van der Waals surface area contributed by atoms with Gasteiger partial charge in [0.05, 0.1) is 21.7 Å². The predicted octanol–water partition coefficient (Wildman–Crippen LogP) is 2.72. The second kappa shape index (κ2) is 10.6. The highest BCUT2D eigenvalue weighted by Crippen LogP contribution is 2.29. The van der Waals surface area contributed by atoms with E-state index in [1.54, 1.807) is 35.3 Å². The molecular weight excluding hydrogens is 514 g/mol. The van der Waals surface area contributed by atoms with Gasteiger partial charge < -0.3 is 19.4 Å². The number of thiazole rings is 1. The molecule has 5 rings (SSSR count). The Hall–Kier alpha value is -3.22. The molecule has 10 nitrogen and oxygen atoms in total. The number of para-hydroxylation sites is 1. The maximum Gasteiger partial charge on any atom is 0.409 e. The van der Waals surface area contributed by atoms with Crippen LogP contribution in [0.25, 0.3) is 10.2 Å². The zero-order valence-corrected chi connectivity index (χ0v) is 22.2. The lowest BCUT2D eigenvalue weighted by molar-refractivity contribution is 0.0746. The fourth-order valence-corrected chi connectivity index (χ4v) is 6.96. The maximum atomic E-state index is 13.1. The first kappa shape index (κ1) is 25.4. The van der Waals surface area contributed by atoms with Gasteiger partial charge in [0.1, 0.15) is 0 Å². The molecule has 2 aliphatic rings. The number of carbonyl (C=O) groups excluding carboxylic acids is 2. The number of piperazine rings is 2. The van der Waals surface area contributed by atoms with E-state index in [1.807, 2.05) is 18.2 Å². The van der Waals surface area contributed by atoms with Crippen molar-refractivity contribution in [1.29, 1.82) is 0 Å². The smallest absolute Gasteiger partial charge is 0.409 e. The van der Waals surface area contributed by atoms with Crippen LogP contribution < -0.4 is 4.90 Å². The molecular formula is C25H29N5O5S2. The highest BCUT2D eigenvalue weighted by molar-refractivity contribution is 7.89. The molecule has 37 heavy (non-hydrogen) atoms. The van der Waals surface area contributed by atoms with Gasteiger partial charge in [-0.25, -0.2) is 18.2 Å². The number of aromatic nitrogens is 1. The number of ether oxygens (including phenoxy) is 1. The molecule has 1 aromatic heterocycles. The number of rotatable bonds is 5. The van der Waals surface area contributed by atoms with Gasteiger partial charge in [-0.3, -0.25) is 4.79 Å². The Morgan fingerprint density at radius 2 is 1.54 bits per heavy atom. The van der Waals surface area contributed by atoms with Gasteiger partial charge in [0.25, 0.3) is 5.91 Å². The van der Waals surface area contributed by atoms with Gasteiger partial charge in [0.15, 0.2) is 5.13 Å². The molecule has 2 aromatic carbocycles. The number of amides is 2. The highest BCUT2D eigenvalue weighted by Gasteiger charge is 2.31. The van der Waals surface area contributed by atoms with E-state index in [0.29, 0.717) is 31.7 Å². The largest absolute Gasteiger partial charge is 0.450 e. The number of fused-ring (bicyclic) bond motifs is 1. The van der Waals surface area contributed by atoms with E-state index in [2.05, 4.69) is 11.0 Å². The SMILES string of the molecule is CCOC(=O)N1CCN(S(=O)(=O)c2ccc(C(=O)N3CCN(c4nc5ccccc5s4)CC3)cc2)CC1. The second-order valence-electron chi connectivity index (χ2n) is 8.86. The molecule has 0 spiro atoms. The second-order valence-corrected chi connectivity index (χ2v) is 11.8. The van der Waals surface area contributed by atoms with Crippen LogP contribution in [0.2, 0.25) is 0 Å². The van der Waals surface area contributed by atoms with Crippen LogP contribution in [0, 0.1) is 0 Å². The van der Waals surface area contributed by atoms with Crippen LogP contribution >= 0.6 is 11.3 Å². The molecule has 12 heteroatoms. The average Bonchev–Trinajstić information content (AvgIpc) is 3.37. The molecule has 0 saturated carbocycles. The van der Waals surface area contributed by atoms with Crippen LogP contribution in [-0.2, 0) is 14.8 Å². The Balaban J connectivity index is 1.18. The summed E-state index contributed by atoms with van der Waals surface area (Å²) in [7, 11) is -3.72. The van der Waals surface area contributed by atoms with Gasteiger partial charge in [-0.1, -0.05) is 23.5 Å². The average molecular weight is 544 g/mol. The third-order valence-corrected chi connectivity index (χ3v) is 9.63. The fraction of sp³-hybridized carbons (Fsp3) is 0.400. The lowest BCUT2D eigenvalue weighted by Crippen LogP contribution is -2.50. The summed E-state index contributed by atoms with van der Waals surface area (Å²) in [5, 5.41) is 0.964. The highest BCUT2D eigenvalue weighted by atomic mass is 32.2. The number of carbonyl (C=O) groups is 2. The van der Waals surface area contributed by atoms with Crippen molar-refractivity contribution < 1.29 is 22.7 Å². The summed E-state index contributed by atoms with van der Waals surface area (Å²) in [6.07, 6.45) is -0.427. The lowest BCUT2D eigenvalue weighted by Gasteiger charge is -2.34. The Kier molecular flexibility index (Phi) is 7.31. The minimum absolute atomic E-state index is 0.115. The Bertz CT molecular complexity index is 1340. The van der Waals surface area contributed by atoms with Crippen LogP contribution in [0.4, 0.5) is 9.93 Å². The Morgan fingerprint density at radius 3 is 2.19 bits per heavy atom. The van der Waals surface area contributed by atoms with Crippen molar-refractivity contribution in [2.24, 2.45) is 0 Å². The van der Waals surface area contributed by atoms with Gasteiger partial charge in [0, 0.05) is 57.9 Å².